The lowest BCUT2D eigenvalue weighted by Crippen LogP contribution is -2.53. The van der Waals surface area contributed by atoms with Crippen LogP contribution in [0.5, 0.6) is 0 Å². The molecule has 0 saturated carbocycles. The minimum atomic E-state index is -0.493. The lowest BCUT2D eigenvalue weighted by atomic mass is 9.80. The van der Waals surface area contributed by atoms with Gasteiger partial charge in [-0.25, -0.2) is 0 Å². The van der Waals surface area contributed by atoms with Crippen molar-refractivity contribution in [2.75, 3.05) is 7.11 Å². The Morgan fingerprint density at radius 3 is 2.32 bits per heavy atom. The molecule has 1 spiro atoms. The average molecular weight is 397 g/mol. The maximum Gasteiger partial charge on any atom is 0.305 e. The van der Waals surface area contributed by atoms with Crippen LogP contribution in [0.2, 0.25) is 0 Å². The van der Waals surface area contributed by atoms with E-state index in [0.29, 0.717) is 18.3 Å². The summed E-state index contributed by atoms with van der Waals surface area (Å²) in [5, 5.41) is 0. The Hall–Kier alpha value is -0.940. The molecule has 0 aliphatic carbocycles. The van der Waals surface area contributed by atoms with Gasteiger partial charge in [-0.15, -0.1) is 0 Å². The second-order valence-corrected chi connectivity index (χ2v) is 9.36. The van der Waals surface area contributed by atoms with E-state index in [-0.39, 0.29) is 35.8 Å². The number of carbonyl (C=O) groups is 2. The lowest BCUT2D eigenvalue weighted by Gasteiger charge is -2.51. The Balaban J connectivity index is 1.99. The zero-order chi connectivity index (χ0) is 20.9. The molecular weight excluding hydrogens is 356 g/mol. The molecule has 0 aromatic carbocycles. The van der Waals surface area contributed by atoms with Gasteiger partial charge in [0.2, 0.25) is 0 Å². The standard InChI is InChI=1S/C23H40O5/c1-15(19(5)24)7-9-20-16(2)11-13-23(27-20)14-12-18(4)22(28-23)17(3)8-10-21(25)26-6/h15-18,20,22H,7-14H2,1-6H3/t15-,16+,17+,18-,20-,22-,23+/m0/s1. The molecule has 162 valence electrons. The SMILES string of the molecule is COC(=O)CC[C@@H](C)[C@@H]1O[C@]2(CC[C@@H](C)[C@H](CC[C@H](C)C(C)=O)O2)CC[C@@H]1C. The Kier molecular flexibility index (Phi) is 8.50. The first-order valence-corrected chi connectivity index (χ1v) is 11.1. The molecule has 2 saturated heterocycles. The third-order valence-corrected chi connectivity index (χ3v) is 7.04. The van der Waals surface area contributed by atoms with Crippen LogP contribution in [0.1, 0.15) is 86.0 Å². The fourth-order valence-corrected chi connectivity index (χ4v) is 4.64. The minimum absolute atomic E-state index is 0.0899. The summed E-state index contributed by atoms with van der Waals surface area (Å²) >= 11 is 0. The second kappa shape index (κ2) is 10.2. The molecule has 28 heavy (non-hydrogen) atoms. The zero-order valence-electron chi connectivity index (χ0n) is 18.7. The van der Waals surface area contributed by atoms with Crippen LogP contribution in [0.4, 0.5) is 0 Å². The molecule has 2 heterocycles. The average Bonchev–Trinajstić information content (AvgIpc) is 2.68. The van der Waals surface area contributed by atoms with Crippen molar-refractivity contribution in [3.8, 4) is 0 Å². The monoisotopic (exact) mass is 396 g/mol. The van der Waals surface area contributed by atoms with Gasteiger partial charge in [0, 0.05) is 25.2 Å². The molecule has 0 aromatic heterocycles. The van der Waals surface area contributed by atoms with E-state index in [1.807, 2.05) is 6.92 Å². The van der Waals surface area contributed by atoms with Crippen LogP contribution in [0.25, 0.3) is 0 Å². The predicted octanol–water partition coefficient (Wildman–Crippen LogP) is 4.91. The normalized spacial score (nSPS) is 35.4. The number of hydrogen-bond donors (Lipinski definition) is 0. The van der Waals surface area contributed by atoms with Gasteiger partial charge >= 0.3 is 5.97 Å². The van der Waals surface area contributed by atoms with Gasteiger partial charge in [0.05, 0.1) is 19.3 Å². The molecule has 0 aromatic rings. The summed E-state index contributed by atoms with van der Waals surface area (Å²) < 4.78 is 18.0. The molecule has 0 N–H and O–H groups in total. The third kappa shape index (κ3) is 6.03. The van der Waals surface area contributed by atoms with Crippen molar-refractivity contribution < 1.29 is 23.8 Å². The van der Waals surface area contributed by atoms with E-state index < -0.39 is 5.79 Å². The van der Waals surface area contributed by atoms with Crippen molar-refractivity contribution in [3.05, 3.63) is 0 Å². The number of methoxy groups -OCH3 is 1. The fraction of sp³-hybridized carbons (Fsp3) is 0.913. The second-order valence-electron chi connectivity index (χ2n) is 9.36. The molecular formula is C23H40O5. The maximum absolute atomic E-state index is 11.6. The quantitative estimate of drug-likeness (QED) is 0.546. The number of Topliss-reactive ketones (excluding diaryl/α,β-unsaturated/α-hetero) is 1. The Morgan fingerprint density at radius 1 is 1.07 bits per heavy atom. The molecule has 0 unspecified atom stereocenters. The van der Waals surface area contributed by atoms with Gasteiger partial charge < -0.3 is 14.2 Å². The molecule has 2 aliphatic rings. The van der Waals surface area contributed by atoms with Crippen molar-refractivity contribution in [1.29, 1.82) is 0 Å². The molecule has 2 fully saturated rings. The summed E-state index contributed by atoms with van der Waals surface area (Å²) in [4.78, 5) is 23.1. The topological polar surface area (TPSA) is 61.8 Å². The predicted molar refractivity (Wildman–Crippen MR) is 109 cm³/mol. The first kappa shape index (κ1) is 23.3. The van der Waals surface area contributed by atoms with Gasteiger partial charge in [0.15, 0.2) is 5.79 Å². The largest absolute Gasteiger partial charge is 0.469 e. The van der Waals surface area contributed by atoms with E-state index in [2.05, 4.69) is 20.8 Å². The molecule has 0 bridgehead atoms. The van der Waals surface area contributed by atoms with Gasteiger partial charge in [-0.3, -0.25) is 9.59 Å². The van der Waals surface area contributed by atoms with E-state index in [0.717, 1.165) is 44.9 Å². The van der Waals surface area contributed by atoms with Gasteiger partial charge in [0.25, 0.3) is 0 Å². The summed E-state index contributed by atoms with van der Waals surface area (Å²) in [6.45, 7) is 10.3. The van der Waals surface area contributed by atoms with Crippen LogP contribution in [0.15, 0.2) is 0 Å². The summed E-state index contributed by atoms with van der Waals surface area (Å²) in [6, 6.07) is 0. The minimum Gasteiger partial charge on any atom is -0.469 e. The number of ketones is 1. The molecule has 5 heteroatoms. The molecule has 2 aliphatic heterocycles. The number of carbonyl (C=O) groups excluding carboxylic acids is 2. The maximum atomic E-state index is 11.6. The lowest BCUT2D eigenvalue weighted by molar-refractivity contribution is -0.337. The summed E-state index contributed by atoms with van der Waals surface area (Å²) in [5.41, 5.74) is 0. The van der Waals surface area contributed by atoms with Gasteiger partial charge in [-0.1, -0.05) is 27.7 Å². The number of esters is 1. The molecule has 0 radical (unpaired) electrons. The number of ether oxygens (including phenoxy) is 3. The van der Waals surface area contributed by atoms with E-state index in [1.54, 1.807) is 6.92 Å². The van der Waals surface area contributed by atoms with E-state index in [1.165, 1.54) is 7.11 Å². The number of rotatable bonds is 8. The molecule has 0 amide bonds. The van der Waals surface area contributed by atoms with Crippen molar-refractivity contribution >= 4 is 11.8 Å². The molecule has 7 atom stereocenters. The van der Waals surface area contributed by atoms with Crippen LogP contribution in [0, 0.1) is 23.7 Å². The van der Waals surface area contributed by atoms with Crippen LogP contribution in [-0.2, 0) is 23.8 Å². The summed E-state index contributed by atoms with van der Waals surface area (Å²) in [5.74, 6) is 0.915. The van der Waals surface area contributed by atoms with Gasteiger partial charge in [-0.05, 0) is 56.8 Å². The van der Waals surface area contributed by atoms with E-state index in [4.69, 9.17) is 14.2 Å². The smallest absolute Gasteiger partial charge is 0.305 e. The Bertz CT molecular complexity index is 529. The van der Waals surface area contributed by atoms with Crippen molar-refractivity contribution in [2.24, 2.45) is 23.7 Å². The Labute approximate surface area is 170 Å². The van der Waals surface area contributed by atoms with Crippen LogP contribution in [-0.4, -0.2) is 36.9 Å². The zero-order valence-corrected chi connectivity index (χ0v) is 18.7. The van der Waals surface area contributed by atoms with Crippen molar-refractivity contribution in [1.82, 2.24) is 0 Å². The highest BCUT2D eigenvalue weighted by molar-refractivity contribution is 5.77. The van der Waals surface area contributed by atoms with Gasteiger partial charge in [-0.2, -0.15) is 0 Å². The molecule has 2 rings (SSSR count). The highest BCUT2D eigenvalue weighted by atomic mass is 16.7. The van der Waals surface area contributed by atoms with E-state index >= 15 is 0 Å². The Morgan fingerprint density at radius 2 is 1.71 bits per heavy atom. The summed E-state index contributed by atoms with van der Waals surface area (Å²) in [6.07, 6.45) is 7.27. The van der Waals surface area contributed by atoms with Crippen LogP contribution >= 0.6 is 0 Å². The first-order valence-electron chi connectivity index (χ1n) is 11.1. The molecule has 5 nitrogen and oxygen atoms in total. The first-order chi connectivity index (χ1) is 13.2. The van der Waals surface area contributed by atoms with Gasteiger partial charge in [0.1, 0.15) is 5.78 Å². The fourth-order valence-electron chi connectivity index (χ4n) is 4.64. The van der Waals surface area contributed by atoms with Crippen LogP contribution in [0.3, 0.4) is 0 Å². The third-order valence-electron chi connectivity index (χ3n) is 7.04. The number of hydrogen-bond acceptors (Lipinski definition) is 5. The van der Waals surface area contributed by atoms with Crippen molar-refractivity contribution in [3.63, 3.8) is 0 Å². The highest BCUT2D eigenvalue weighted by Gasteiger charge is 2.47. The summed E-state index contributed by atoms with van der Waals surface area (Å²) in [7, 11) is 1.44. The highest BCUT2D eigenvalue weighted by Crippen LogP contribution is 2.45. The van der Waals surface area contributed by atoms with E-state index in [9.17, 15) is 9.59 Å². The van der Waals surface area contributed by atoms with Crippen LogP contribution < -0.4 is 0 Å². The van der Waals surface area contributed by atoms with Crippen molar-refractivity contribution in [2.45, 2.75) is 104 Å².